The lowest BCUT2D eigenvalue weighted by Gasteiger charge is -2.28. The predicted molar refractivity (Wildman–Crippen MR) is 104 cm³/mol. The van der Waals surface area contributed by atoms with Crippen molar-refractivity contribution in [3.8, 4) is 0 Å². The second-order valence-corrected chi connectivity index (χ2v) is 8.74. The maximum atomic E-state index is 13.4. The number of carbonyl (C=O) groups is 1. The Bertz CT molecular complexity index is 978. The highest BCUT2D eigenvalue weighted by Crippen LogP contribution is 2.21. The van der Waals surface area contributed by atoms with Gasteiger partial charge in [0.05, 0.1) is 11.0 Å². The summed E-state index contributed by atoms with van der Waals surface area (Å²) < 4.78 is 41.2. The first kappa shape index (κ1) is 20.4. The zero-order chi connectivity index (χ0) is 20.3. The monoisotopic (exact) mass is 406 g/mol. The van der Waals surface area contributed by atoms with Gasteiger partial charge in [0, 0.05) is 17.3 Å². The lowest BCUT2D eigenvalue weighted by Crippen LogP contribution is -2.44. The van der Waals surface area contributed by atoms with E-state index in [2.05, 4.69) is 10.0 Å². The lowest BCUT2D eigenvalue weighted by molar-refractivity contribution is 0.101. The molecule has 3 N–H and O–H groups in total. The van der Waals surface area contributed by atoms with Crippen LogP contribution in [-0.2, 0) is 10.0 Å². The summed E-state index contributed by atoms with van der Waals surface area (Å²) in [4.78, 5) is 12.4. The van der Waals surface area contributed by atoms with Crippen LogP contribution in [0.15, 0.2) is 47.4 Å². The Morgan fingerprint density at radius 2 is 1.89 bits per heavy atom. The molecule has 8 heteroatoms. The molecule has 0 saturated heterocycles. The molecule has 1 aliphatic carbocycles. The molecular weight excluding hydrogens is 383 g/mol. The molecule has 1 saturated carbocycles. The number of nitrogens with one attached hydrogen (secondary N) is 2. The Morgan fingerprint density at radius 1 is 1.14 bits per heavy atom. The molecule has 0 unspecified atom stereocenters. The van der Waals surface area contributed by atoms with Gasteiger partial charge in [0.15, 0.2) is 0 Å². The Balaban J connectivity index is 1.76. The maximum absolute atomic E-state index is 13.4. The molecule has 0 aliphatic heterocycles. The molecule has 3 rings (SSSR count). The number of aliphatic hydroxyl groups excluding tert-OH is 1. The van der Waals surface area contributed by atoms with Gasteiger partial charge in [0.25, 0.3) is 5.91 Å². The third-order valence-electron chi connectivity index (χ3n) is 4.86. The Kier molecular flexibility index (Phi) is 6.12. The van der Waals surface area contributed by atoms with Gasteiger partial charge in [-0.2, -0.15) is 0 Å². The van der Waals surface area contributed by atoms with Crippen LogP contribution >= 0.6 is 0 Å². The van der Waals surface area contributed by atoms with Gasteiger partial charge in [0.1, 0.15) is 5.82 Å². The summed E-state index contributed by atoms with van der Waals surface area (Å²) in [6.45, 7) is 1.59. The van der Waals surface area contributed by atoms with E-state index in [0.29, 0.717) is 24.1 Å². The Hall–Kier alpha value is -2.29. The van der Waals surface area contributed by atoms with Crippen LogP contribution < -0.4 is 10.0 Å². The first-order chi connectivity index (χ1) is 13.3. The van der Waals surface area contributed by atoms with Gasteiger partial charge in [-0.1, -0.05) is 18.9 Å². The van der Waals surface area contributed by atoms with E-state index >= 15 is 0 Å². The summed E-state index contributed by atoms with van der Waals surface area (Å²) in [5.74, 6) is -0.872. The summed E-state index contributed by atoms with van der Waals surface area (Å²) in [5, 5.41) is 12.6. The van der Waals surface area contributed by atoms with Crippen molar-refractivity contribution < 1.29 is 22.7 Å². The molecule has 1 amide bonds. The molecule has 2 atom stereocenters. The number of carbonyl (C=O) groups excluding carboxylic acids is 1. The van der Waals surface area contributed by atoms with Crippen molar-refractivity contribution in [2.45, 2.75) is 49.6 Å². The number of halogens is 1. The molecule has 0 heterocycles. The van der Waals surface area contributed by atoms with Crippen LogP contribution in [-0.4, -0.2) is 31.6 Å². The lowest BCUT2D eigenvalue weighted by atomic mass is 9.93. The summed E-state index contributed by atoms with van der Waals surface area (Å²) in [7, 11) is -3.87. The minimum Gasteiger partial charge on any atom is -0.391 e. The molecule has 150 valence electrons. The van der Waals surface area contributed by atoms with Crippen LogP contribution in [0.5, 0.6) is 0 Å². The van der Waals surface area contributed by atoms with Crippen molar-refractivity contribution in [3.63, 3.8) is 0 Å². The molecule has 0 spiro atoms. The minimum atomic E-state index is -3.87. The average Bonchev–Trinajstić information content (AvgIpc) is 2.66. The third-order valence-corrected chi connectivity index (χ3v) is 6.35. The van der Waals surface area contributed by atoms with E-state index in [0.717, 1.165) is 12.8 Å². The van der Waals surface area contributed by atoms with Gasteiger partial charge in [-0.25, -0.2) is 17.5 Å². The number of sulfonamides is 1. The first-order valence-corrected chi connectivity index (χ1v) is 10.6. The van der Waals surface area contributed by atoms with Crippen molar-refractivity contribution >= 4 is 21.6 Å². The van der Waals surface area contributed by atoms with Gasteiger partial charge in [-0.3, -0.25) is 4.79 Å². The van der Waals surface area contributed by atoms with Crippen LogP contribution in [0, 0.1) is 12.7 Å². The van der Waals surface area contributed by atoms with Gasteiger partial charge in [-0.15, -0.1) is 0 Å². The van der Waals surface area contributed by atoms with Gasteiger partial charge < -0.3 is 10.4 Å². The summed E-state index contributed by atoms with van der Waals surface area (Å²) >= 11 is 0. The zero-order valence-electron chi connectivity index (χ0n) is 15.5. The predicted octanol–water partition coefficient (Wildman–Crippen LogP) is 2.97. The van der Waals surface area contributed by atoms with Crippen LogP contribution in [0.4, 0.5) is 10.1 Å². The van der Waals surface area contributed by atoms with Crippen LogP contribution in [0.2, 0.25) is 0 Å². The van der Waals surface area contributed by atoms with E-state index in [9.17, 15) is 22.7 Å². The molecule has 28 heavy (non-hydrogen) atoms. The number of aliphatic hydroxyl groups is 1. The second kappa shape index (κ2) is 8.38. The Labute approximate surface area is 163 Å². The summed E-state index contributed by atoms with van der Waals surface area (Å²) in [6.07, 6.45) is 2.15. The normalized spacial score (nSPS) is 20.0. The van der Waals surface area contributed by atoms with E-state index < -0.39 is 28.1 Å². The quantitative estimate of drug-likeness (QED) is 0.711. The Morgan fingerprint density at radius 3 is 2.61 bits per heavy atom. The van der Waals surface area contributed by atoms with Crippen molar-refractivity contribution in [2.24, 2.45) is 0 Å². The van der Waals surface area contributed by atoms with E-state index in [1.165, 1.54) is 42.5 Å². The van der Waals surface area contributed by atoms with Crippen molar-refractivity contribution in [3.05, 3.63) is 59.4 Å². The highest BCUT2D eigenvalue weighted by Gasteiger charge is 2.28. The largest absolute Gasteiger partial charge is 0.391 e. The average molecular weight is 406 g/mol. The number of anilines is 1. The van der Waals surface area contributed by atoms with Crippen molar-refractivity contribution in [2.75, 3.05) is 5.32 Å². The molecule has 0 radical (unpaired) electrons. The number of hydrogen-bond donors (Lipinski definition) is 3. The van der Waals surface area contributed by atoms with Gasteiger partial charge in [0.2, 0.25) is 10.0 Å². The fraction of sp³-hybridized carbons (Fsp3) is 0.350. The van der Waals surface area contributed by atoms with Crippen LogP contribution in [0.25, 0.3) is 0 Å². The van der Waals surface area contributed by atoms with Gasteiger partial charge in [-0.05, 0) is 61.7 Å². The smallest absolute Gasteiger partial charge is 0.255 e. The number of aryl methyl sites for hydroxylation is 1. The van der Waals surface area contributed by atoms with E-state index in [-0.39, 0.29) is 16.3 Å². The zero-order valence-corrected chi connectivity index (χ0v) is 16.3. The topological polar surface area (TPSA) is 95.5 Å². The first-order valence-electron chi connectivity index (χ1n) is 9.14. The molecule has 0 aromatic heterocycles. The molecule has 2 aromatic rings. The standard InChI is InChI=1S/C20H23FN2O4S/c1-13-11-15(9-10-17(13)21)22-20(25)14-5-4-6-16(12-14)28(26,27)23-18-7-2-3-8-19(18)24/h4-6,9-12,18-19,23-24H,2-3,7-8H2,1H3,(H,22,25)/t18-,19+/m1/s1. The van der Waals surface area contributed by atoms with E-state index in [4.69, 9.17) is 0 Å². The highest BCUT2D eigenvalue weighted by atomic mass is 32.2. The van der Waals surface area contributed by atoms with E-state index in [1.54, 1.807) is 6.92 Å². The SMILES string of the molecule is Cc1cc(NC(=O)c2cccc(S(=O)(=O)N[C@@H]3CCCC[C@@H]3O)c2)ccc1F. The van der Waals surface area contributed by atoms with E-state index in [1.807, 2.05) is 0 Å². The third kappa shape index (κ3) is 4.76. The molecule has 1 aliphatic rings. The fourth-order valence-corrected chi connectivity index (χ4v) is 4.60. The number of amides is 1. The van der Waals surface area contributed by atoms with Crippen molar-refractivity contribution in [1.82, 2.24) is 4.72 Å². The summed E-state index contributed by atoms with van der Waals surface area (Å²) in [5.41, 5.74) is 0.971. The number of hydrogen-bond acceptors (Lipinski definition) is 4. The van der Waals surface area contributed by atoms with Crippen LogP contribution in [0.1, 0.15) is 41.6 Å². The van der Waals surface area contributed by atoms with Crippen molar-refractivity contribution in [1.29, 1.82) is 0 Å². The molecule has 6 nitrogen and oxygen atoms in total. The second-order valence-electron chi connectivity index (χ2n) is 7.03. The van der Waals surface area contributed by atoms with Crippen LogP contribution in [0.3, 0.4) is 0 Å². The maximum Gasteiger partial charge on any atom is 0.255 e. The molecule has 1 fully saturated rings. The molecular formula is C20H23FN2O4S. The number of benzene rings is 2. The molecule has 2 aromatic carbocycles. The minimum absolute atomic E-state index is 0.0480. The molecule has 0 bridgehead atoms. The number of rotatable bonds is 5. The summed E-state index contributed by atoms with van der Waals surface area (Å²) in [6, 6.07) is 9.33. The highest BCUT2D eigenvalue weighted by molar-refractivity contribution is 7.89. The van der Waals surface area contributed by atoms with Gasteiger partial charge >= 0.3 is 0 Å². The fourth-order valence-electron chi connectivity index (χ4n) is 3.25.